The molecule has 4 aromatic rings. The zero-order valence-electron chi connectivity index (χ0n) is 17.1. The van der Waals surface area contributed by atoms with Gasteiger partial charge in [-0.05, 0) is 48.9 Å². The lowest BCUT2D eigenvalue weighted by atomic mass is 10.2. The third-order valence-electron chi connectivity index (χ3n) is 4.78. The van der Waals surface area contributed by atoms with Gasteiger partial charge in [-0.25, -0.2) is 13.4 Å². The topological polar surface area (TPSA) is 88.2 Å². The summed E-state index contributed by atoms with van der Waals surface area (Å²) in [5, 5.41) is 3.97. The van der Waals surface area contributed by atoms with Crippen LogP contribution in [0.1, 0.15) is 17.0 Å². The number of fused-ring (bicyclic) bond motifs is 1. The molecule has 9 heteroatoms. The van der Waals surface area contributed by atoms with E-state index in [-0.39, 0.29) is 17.2 Å². The van der Waals surface area contributed by atoms with E-state index >= 15 is 0 Å². The second kappa shape index (κ2) is 9.28. The number of thiazole rings is 1. The Morgan fingerprint density at radius 3 is 2.59 bits per heavy atom. The Labute approximate surface area is 195 Å². The number of benzene rings is 3. The lowest BCUT2D eigenvalue weighted by molar-refractivity contribution is -0.116. The Morgan fingerprint density at radius 1 is 1.06 bits per heavy atom. The first-order valence-electron chi connectivity index (χ1n) is 9.84. The number of halogens is 1. The normalized spacial score (nSPS) is 11.4. The van der Waals surface area contributed by atoms with Crippen LogP contribution in [0, 0.1) is 6.92 Å². The second-order valence-electron chi connectivity index (χ2n) is 7.19. The first kappa shape index (κ1) is 22.3. The van der Waals surface area contributed by atoms with Crippen molar-refractivity contribution in [3.05, 3.63) is 82.3 Å². The number of amides is 1. The van der Waals surface area contributed by atoms with Gasteiger partial charge in [-0.1, -0.05) is 41.9 Å². The molecule has 1 aromatic heterocycles. The van der Waals surface area contributed by atoms with Crippen LogP contribution in [0.5, 0.6) is 0 Å². The summed E-state index contributed by atoms with van der Waals surface area (Å²) in [6.45, 7) is 1.69. The molecule has 0 unspecified atom stereocenters. The van der Waals surface area contributed by atoms with Gasteiger partial charge in [0.1, 0.15) is 0 Å². The average molecular weight is 486 g/mol. The van der Waals surface area contributed by atoms with Crippen LogP contribution in [0.25, 0.3) is 10.2 Å². The van der Waals surface area contributed by atoms with Crippen molar-refractivity contribution >= 4 is 60.5 Å². The maximum Gasteiger partial charge on any atom is 0.262 e. The van der Waals surface area contributed by atoms with Crippen molar-refractivity contribution < 1.29 is 13.2 Å². The molecule has 0 saturated carbocycles. The molecule has 4 rings (SSSR count). The summed E-state index contributed by atoms with van der Waals surface area (Å²) < 4.78 is 29.4. The number of sulfonamides is 1. The molecule has 1 amide bonds. The molecule has 0 spiro atoms. The highest BCUT2D eigenvalue weighted by Gasteiger charge is 2.19. The molecule has 0 saturated heterocycles. The second-order valence-corrected chi connectivity index (χ2v) is 10.4. The van der Waals surface area contributed by atoms with E-state index in [9.17, 15) is 13.2 Å². The zero-order chi connectivity index (χ0) is 22.7. The predicted molar refractivity (Wildman–Crippen MR) is 130 cm³/mol. The van der Waals surface area contributed by atoms with Crippen molar-refractivity contribution in [3.63, 3.8) is 0 Å². The molecule has 0 aliphatic carbocycles. The first-order chi connectivity index (χ1) is 15.3. The summed E-state index contributed by atoms with van der Waals surface area (Å²) in [7, 11) is -3.89. The van der Waals surface area contributed by atoms with Crippen molar-refractivity contribution in [2.45, 2.75) is 24.7 Å². The van der Waals surface area contributed by atoms with Gasteiger partial charge < -0.3 is 5.32 Å². The molecule has 6 nitrogen and oxygen atoms in total. The number of hydrogen-bond acceptors (Lipinski definition) is 5. The highest BCUT2D eigenvalue weighted by molar-refractivity contribution is 7.92. The number of carbonyl (C=O) groups is 1. The summed E-state index contributed by atoms with van der Waals surface area (Å²) >= 11 is 7.65. The quantitative estimate of drug-likeness (QED) is 0.355. The van der Waals surface area contributed by atoms with E-state index in [2.05, 4.69) is 15.0 Å². The Hall–Kier alpha value is -2.94. The summed E-state index contributed by atoms with van der Waals surface area (Å²) in [5.74, 6) is -0.212. The van der Waals surface area contributed by atoms with Crippen LogP contribution < -0.4 is 10.0 Å². The molecule has 0 radical (unpaired) electrons. The van der Waals surface area contributed by atoms with Gasteiger partial charge in [-0.3, -0.25) is 9.52 Å². The molecule has 164 valence electrons. The molecular weight excluding hydrogens is 466 g/mol. The van der Waals surface area contributed by atoms with Crippen molar-refractivity contribution in [2.75, 3.05) is 10.0 Å². The summed E-state index contributed by atoms with van der Waals surface area (Å²) in [6.07, 6.45) is 0.754. The number of anilines is 2. The molecule has 3 aromatic carbocycles. The standard InChI is InChI=1S/C23H20ClN3O3S2/c1-15-10-11-16(14-21(15)32(29,30)27-18-7-3-2-6-17(18)24)25-22(28)12-13-23-26-19-8-4-5-9-20(19)31-23/h2-11,14,27H,12-13H2,1H3,(H,25,28). The van der Waals surface area contributed by atoms with Crippen LogP contribution in [0.4, 0.5) is 11.4 Å². The number of hydrogen-bond donors (Lipinski definition) is 2. The average Bonchev–Trinajstić information content (AvgIpc) is 3.18. The molecular formula is C23H20ClN3O3S2. The minimum absolute atomic E-state index is 0.0707. The van der Waals surface area contributed by atoms with Crippen molar-refractivity contribution in [1.82, 2.24) is 4.98 Å². The molecule has 0 aliphatic heterocycles. The van der Waals surface area contributed by atoms with Gasteiger partial charge in [0, 0.05) is 18.5 Å². The van der Waals surface area contributed by atoms with Gasteiger partial charge >= 0.3 is 0 Å². The molecule has 2 N–H and O–H groups in total. The van der Waals surface area contributed by atoms with Crippen LogP contribution >= 0.6 is 22.9 Å². The van der Waals surface area contributed by atoms with E-state index in [1.165, 1.54) is 6.07 Å². The Balaban J connectivity index is 1.45. The van der Waals surface area contributed by atoms with Crippen LogP contribution in [-0.2, 0) is 21.2 Å². The summed E-state index contributed by atoms with van der Waals surface area (Å²) in [6, 6.07) is 19.2. The van der Waals surface area contributed by atoms with Gasteiger partial charge in [-0.15, -0.1) is 11.3 Å². The van der Waals surface area contributed by atoms with Gasteiger partial charge in [0.15, 0.2) is 0 Å². The van der Waals surface area contributed by atoms with Gasteiger partial charge in [0.05, 0.1) is 30.8 Å². The van der Waals surface area contributed by atoms with Crippen molar-refractivity contribution in [2.24, 2.45) is 0 Å². The smallest absolute Gasteiger partial charge is 0.262 e. The first-order valence-corrected chi connectivity index (χ1v) is 12.5. The zero-order valence-corrected chi connectivity index (χ0v) is 19.5. The van der Waals surface area contributed by atoms with E-state index < -0.39 is 10.0 Å². The van der Waals surface area contributed by atoms with E-state index in [1.807, 2.05) is 24.3 Å². The number of aromatic nitrogens is 1. The number of aryl methyl sites for hydroxylation is 2. The fourth-order valence-corrected chi connectivity index (χ4v) is 5.74. The SMILES string of the molecule is Cc1ccc(NC(=O)CCc2nc3ccccc3s2)cc1S(=O)(=O)Nc1ccccc1Cl. The third-order valence-corrected chi connectivity index (χ3v) is 7.72. The van der Waals surface area contributed by atoms with Gasteiger partial charge in [0.2, 0.25) is 5.91 Å². The van der Waals surface area contributed by atoms with E-state index in [0.29, 0.717) is 28.4 Å². The lowest BCUT2D eigenvalue weighted by Gasteiger charge is -2.13. The molecule has 0 fully saturated rings. The molecule has 32 heavy (non-hydrogen) atoms. The van der Waals surface area contributed by atoms with Crippen LogP contribution in [0.3, 0.4) is 0 Å². The largest absolute Gasteiger partial charge is 0.326 e. The van der Waals surface area contributed by atoms with Gasteiger partial charge in [0.25, 0.3) is 10.0 Å². The number of para-hydroxylation sites is 2. The third kappa shape index (κ3) is 5.09. The number of rotatable bonds is 7. The highest BCUT2D eigenvalue weighted by atomic mass is 35.5. The Morgan fingerprint density at radius 2 is 1.81 bits per heavy atom. The lowest BCUT2D eigenvalue weighted by Crippen LogP contribution is -2.16. The fraction of sp³-hybridized carbons (Fsp3) is 0.130. The molecule has 0 bridgehead atoms. The summed E-state index contributed by atoms with van der Waals surface area (Å²) in [4.78, 5) is 17.1. The number of carbonyl (C=O) groups excluding carboxylic acids is 1. The van der Waals surface area contributed by atoms with E-state index in [1.54, 1.807) is 54.7 Å². The fourth-order valence-electron chi connectivity index (χ4n) is 3.18. The summed E-state index contributed by atoms with van der Waals surface area (Å²) in [5.41, 5.74) is 2.17. The van der Waals surface area contributed by atoms with Crippen molar-refractivity contribution in [3.8, 4) is 0 Å². The molecule has 0 atom stereocenters. The van der Waals surface area contributed by atoms with Crippen molar-refractivity contribution in [1.29, 1.82) is 0 Å². The number of nitrogens with zero attached hydrogens (tertiary/aromatic N) is 1. The minimum atomic E-state index is -3.89. The maximum atomic E-state index is 12.9. The highest BCUT2D eigenvalue weighted by Crippen LogP contribution is 2.27. The number of nitrogens with one attached hydrogen (secondary N) is 2. The monoisotopic (exact) mass is 485 g/mol. The molecule has 1 heterocycles. The van der Waals surface area contributed by atoms with E-state index in [0.717, 1.165) is 15.2 Å². The predicted octanol–water partition coefficient (Wildman–Crippen LogP) is 5.63. The van der Waals surface area contributed by atoms with Crippen LogP contribution in [0.2, 0.25) is 5.02 Å². The maximum absolute atomic E-state index is 12.9. The van der Waals surface area contributed by atoms with Gasteiger partial charge in [-0.2, -0.15) is 0 Å². The van der Waals surface area contributed by atoms with E-state index in [4.69, 9.17) is 11.6 Å². The molecule has 0 aliphatic rings. The van der Waals surface area contributed by atoms with Crippen LogP contribution in [0.15, 0.2) is 71.6 Å². The Kier molecular flexibility index (Phi) is 6.45. The Bertz CT molecular complexity index is 1370. The minimum Gasteiger partial charge on any atom is -0.326 e. The van der Waals surface area contributed by atoms with Crippen LogP contribution in [-0.4, -0.2) is 19.3 Å².